The number of halogens is 1. The largest absolute Gasteiger partial charge is 0.322 e. The molecule has 30 heavy (non-hydrogen) atoms. The van der Waals surface area contributed by atoms with Crippen molar-refractivity contribution >= 4 is 23.3 Å². The van der Waals surface area contributed by atoms with Gasteiger partial charge in [0, 0.05) is 26.2 Å². The molecule has 0 aromatic heterocycles. The van der Waals surface area contributed by atoms with Crippen LogP contribution in [0.1, 0.15) is 22.7 Å². The van der Waals surface area contributed by atoms with Crippen molar-refractivity contribution in [1.29, 1.82) is 0 Å². The maximum Gasteiger partial charge on any atom is 0.321 e. The summed E-state index contributed by atoms with van der Waals surface area (Å²) in [6.45, 7) is 4.91. The summed E-state index contributed by atoms with van der Waals surface area (Å²) in [6.07, 6.45) is 0. The summed E-state index contributed by atoms with van der Waals surface area (Å²) in [6, 6.07) is 26.9. The number of nitrogens with zero attached hydrogens (tertiary/aromatic N) is 2. The van der Waals surface area contributed by atoms with E-state index in [1.165, 1.54) is 11.1 Å². The second-order valence-electron chi connectivity index (χ2n) is 7.61. The summed E-state index contributed by atoms with van der Waals surface area (Å²) in [5.41, 5.74) is 4.20. The van der Waals surface area contributed by atoms with Gasteiger partial charge in [0.25, 0.3) is 0 Å². The first kappa shape index (κ1) is 20.5. The molecule has 0 spiro atoms. The van der Waals surface area contributed by atoms with E-state index in [1.54, 1.807) is 6.07 Å². The van der Waals surface area contributed by atoms with Crippen molar-refractivity contribution in [2.45, 2.75) is 13.0 Å². The van der Waals surface area contributed by atoms with Crippen LogP contribution < -0.4 is 5.32 Å². The van der Waals surface area contributed by atoms with E-state index in [-0.39, 0.29) is 12.1 Å². The lowest BCUT2D eigenvalue weighted by Crippen LogP contribution is -2.51. The number of urea groups is 1. The summed E-state index contributed by atoms with van der Waals surface area (Å²) < 4.78 is 0. The van der Waals surface area contributed by atoms with Gasteiger partial charge in [0.05, 0.1) is 16.8 Å². The lowest BCUT2D eigenvalue weighted by Gasteiger charge is -2.39. The van der Waals surface area contributed by atoms with Crippen LogP contribution in [0.25, 0.3) is 0 Å². The first-order valence-corrected chi connectivity index (χ1v) is 10.7. The molecule has 1 heterocycles. The van der Waals surface area contributed by atoms with Crippen LogP contribution in [-0.4, -0.2) is 42.0 Å². The Morgan fingerprint density at radius 1 is 0.833 bits per heavy atom. The molecule has 154 valence electrons. The number of anilines is 1. The van der Waals surface area contributed by atoms with Gasteiger partial charge in [-0.15, -0.1) is 0 Å². The van der Waals surface area contributed by atoms with Crippen molar-refractivity contribution in [3.63, 3.8) is 0 Å². The zero-order valence-electron chi connectivity index (χ0n) is 17.1. The fraction of sp³-hybridized carbons (Fsp3) is 0.240. The number of hydrogen-bond acceptors (Lipinski definition) is 2. The number of rotatable bonds is 4. The highest BCUT2D eigenvalue weighted by molar-refractivity contribution is 6.33. The molecule has 2 amide bonds. The van der Waals surface area contributed by atoms with E-state index in [0.717, 1.165) is 18.7 Å². The number of carbonyl (C=O) groups is 1. The molecule has 4 rings (SSSR count). The molecule has 5 heteroatoms. The Morgan fingerprint density at radius 3 is 1.93 bits per heavy atom. The summed E-state index contributed by atoms with van der Waals surface area (Å²) >= 11 is 6.27. The molecule has 0 radical (unpaired) electrons. The minimum absolute atomic E-state index is 0.0955. The highest BCUT2D eigenvalue weighted by Crippen LogP contribution is 2.30. The molecule has 3 aromatic carbocycles. The predicted octanol–water partition coefficient (Wildman–Crippen LogP) is 5.59. The number of hydrogen-bond donors (Lipinski definition) is 1. The zero-order valence-corrected chi connectivity index (χ0v) is 17.8. The van der Waals surface area contributed by atoms with Crippen LogP contribution in [0.3, 0.4) is 0 Å². The van der Waals surface area contributed by atoms with Gasteiger partial charge >= 0.3 is 6.03 Å². The zero-order chi connectivity index (χ0) is 20.9. The molecule has 1 aliphatic rings. The van der Waals surface area contributed by atoms with Crippen molar-refractivity contribution in [2.75, 3.05) is 31.5 Å². The Bertz CT molecular complexity index is 926. The van der Waals surface area contributed by atoms with Crippen molar-refractivity contribution in [1.82, 2.24) is 9.80 Å². The molecule has 0 atom stereocenters. The molecule has 4 nitrogen and oxygen atoms in total. The van der Waals surface area contributed by atoms with Gasteiger partial charge in [0.2, 0.25) is 0 Å². The van der Waals surface area contributed by atoms with Crippen molar-refractivity contribution < 1.29 is 4.79 Å². The lowest BCUT2D eigenvalue weighted by molar-refractivity contribution is 0.126. The first-order chi connectivity index (χ1) is 14.6. The fourth-order valence-electron chi connectivity index (χ4n) is 4.04. The summed E-state index contributed by atoms with van der Waals surface area (Å²) in [5, 5.41) is 3.56. The minimum atomic E-state index is -0.0955. The molecule has 1 saturated heterocycles. The molecule has 0 bridgehead atoms. The molecule has 0 unspecified atom stereocenters. The summed E-state index contributed by atoms with van der Waals surface area (Å²) in [5.74, 6) is 0. The van der Waals surface area contributed by atoms with Crippen LogP contribution in [0.5, 0.6) is 0 Å². The van der Waals surface area contributed by atoms with E-state index in [1.807, 2.05) is 36.1 Å². The quantitative estimate of drug-likeness (QED) is 0.598. The van der Waals surface area contributed by atoms with Crippen LogP contribution in [0.4, 0.5) is 10.5 Å². The average Bonchev–Trinajstić information content (AvgIpc) is 2.78. The fourth-order valence-corrected chi connectivity index (χ4v) is 4.31. The monoisotopic (exact) mass is 419 g/mol. The lowest BCUT2D eigenvalue weighted by atomic mass is 9.96. The van der Waals surface area contributed by atoms with Gasteiger partial charge in [-0.25, -0.2) is 4.79 Å². The molecule has 1 fully saturated rings. The number of piperazine rings is 1. The number of aryl methyl sites for hydroxylation is 1. The number of para-hydroxylation sites is 1. The van der Waals surface area contributed by atoms with Crippen molar-refractivity contribution in [2.24, 2.45) is 0 Å². The smallest absolute Gasteiger partial charge is 0.321 e. The molecule has 1 aliphatic heterocycles. The van der Waals surface area contributed by atoms with E-state index < -0.39 is 0 Å². The Labute approximate surface area is 183 Å². The van der Waals surface area contributed by atoms with Gasteiger partial charge in [-0.05, 0) is 29.7 Å². The Kier molecular flexibility index (Phi) is 6.36. The normalized spacial score (nSPS) is 14.7. The van der Waals surface area contributed by atoms with E-state index in [4.69, 9.17) is 11.6 Å². The van der Waals surface area contributed by atoms with Gasteiger partial charge in [-0.1, -0.05) is 84.4 Å². The first-order valence-electron chi connectivity index (χ1n) is 10.3. The third kappa shape index (κ3) is 4.50. The molecule has 3 aromatic rings. The Hall–Kier alpha value is -2.82. The van der Waals surface area contributed by atoms with Crippen molar-refractivity contribution in [3.05, 3.63) is 101 Å². The van der Waals surface area contributed by atoms with Crippen LogP contribution in [0.15, 0.2) is 78.9 Å². The molecular weight excluding hydrogens is 394 g/mol. The van der Waals surface area contributed by atoms with Gasteiger partial charge in [-0.3, -0.25) is 4.90 Å². The van der Waals surface area contributed by atoms with Gasteiger partial charge in [0.1, 0.15) is 0 Å². The SMILES string of the molecule is Cc1cccc(Cl)c1NC(=O)N1CCN(C(c2ccccc2)c2ccccc2)CC1. The van der Waals surface area contributed by atoms with Crippen LogP contribution in [0.2, 0.25) is 5.02 Å². The van der Waals surface area contributed by atoms with Crippen molar-refractivity contribution in [3.8, 4) is 0 Å². The Morgan fingerprint density at radius 2 is 1.40 bits per heavy atom. The number of carbonyl (C=O) groups excluding carboxylic acids is 1. The highest BCUT2D eigenvalue weighted by Gasteiger charge is 2.28. The van der Waals surface area contributed by atoms with E-state index in [9.17, 15) is 4.79 Å². The van der Waals surface area contributed by atoms with Crippen LogP contribution in [-0.2, 0) is 0 Å². The second-order valence-corrected chi connectivity index (χ2v) is 8.02. The van der Waals surface area contributed by atoms with E-state index in [2.05, 4.69) is 58.7 Å². The third-order valence-electron chi connectivity index (χ3n) is 5.65. The van der Waals surface area contributed by atoms with E-state index >= 15 is 0 Å². The van der Waals surface area contributed by atoms with Crippen LogP contribution in [0, 0.1) is 6.92 Å². The Balaban J connectivity index is 1.46. The minimum Gasteiger partial charge on any atom is -0.322 e. The topological polar surface area (TPSA) is 35.6 Å². The summed E-state index contributed by atoms with van der Waals surface area (Å²) in [4.78, 5) is 17.1. The van der Waals surface area contributed by atoms with E-state index in [0.29, 0.717) is 23.8 Å². The third-order valence-corrected chi connectivity index (χ3v) is 5.97. The number of amides is 2. The molecule has 0 aliphatic carbocycles. The van der Waals surface area contributed by atoms with Gasteiger partial charge in [0.15, 0.2) is 0 Å². The predicted molar refractivity (Wildman–Crippen MR) is 123 cm³/mol. The van der Waals surface area contributed by atoms with Crippen LogP contribution >= 0.6 is 11.6 Å². The molecule has 0 saturated carbocycles. The maximum absolute atomic E-state index is 12.8. The second kappa shape index (κ2) is 9.33. The highest BCUT2D eigenvalue weighted by atomic mass is 35.5. The number of benzene rings is 3. The maximum atomic E-state index is 12.8. The standard InChI is InChI=1S/C25H26ClN3O/c1-19-9-8-14-22(26)23(19)27-25(30)29-17-15-28(16-18-29)24(20-10-4-2-5-11-20)21-12-6-3-7-13-21/h2-14,24H,15-18H2,1H3,(H,27,30). The average molecular weight is 420 g/mol. The molecular formula is C25H26ClN3O. The molecule has 1 N–H and O–H groups in total. The summed E-state index contributed by atoms with van der Waals surface area (Å²) in [7, 11) is 0. The van der Waals surface area contributed by atoms with Gasteiger partial charge in [-0.2, -0.15) is 0 Å². The van der Waals surface area contributed by atoms with Gasteiger partial charge < -0.3 is 10.2 Å². The number of nitrogens with one attached hydrogen (secondary N) is 1.